The lowest BCUT2D eigenvalue weighted by atomic mass is 9.97. The number of hydrogen-bond donors (Lipinski definition) is 1. The summed E-state index contributed by atoms with van der Waals surface area (Å²) < 4.78 is 6.19. The highest BCUT2D eigenvalue weighted by Crippen LogP contribution is 2.21. The number of rotatable bonds is 7. The number of carbonyl (C=O) groups is 2. The van der Waals surface area contributed by atoms with E-state index in [9.17, 15) is 9.59 Å². The van der Waals surface area contributed by atoms with E-state index in [1.54, 1.807) is 0 Å². The van der Waals surface area contributed by atoms with Gasteiger partial charge in [0.15, 0.2) is 6.61 Å². The molecule has 1 N–H and O–H groups in total. The van der Waals surface area contributed by atoms with Gasteiger partial charge in [0.05, 0.1) is 12.0 Å². The Morgan fingerprint density at radius 1 is 1.04 bits per heavy atom. The zero-order valence-corrected chi connectivity index (χ0v) is 16.0. The van der Waals surface area contributed by atoms with Crippen LogP contribution in [0.25, 0.3) is 0 Å². The molecule has 1 amide bonds. The summed E-state index contributed by atoms with van der Waals surface area (Å²) in [5.41, 5.74) is 1.89. The van der Waals surface area contributed by atoms with Gasteiger partial charge in [-0.05, 0) is 36.6 Å². The maximum Gasteiger partial charge on any atom is 0.313 e. The third kappa shape index (κ3) is 5.71. The number of hydrogen-bond acceptors (Lipinski definition) is 3. The number of halogens is 1. The Labute approximate surface area is 156 Å². The van der Waals surface area contributed by atoms with E-state index in [1.807, 2.05) is 68.4 Å². The second kappa shape index (κ2) is 9.37. The lowest BCUT2D eigenvalue weighted by Crippen LogP contribution is -2.32. The number of benzene rings is 2. The quantitative estimate of drug-likeness (QED) is 0.698. The molecule has 2 atom stereocenters. The van der Waals surface area contributed by atoms with Crippen molar-refractivity contribution in [3.8, 4) is 0 Å². The summed E-state index contributed by atoms with van der Waals surface area (Å²) in [5, 5.41) is 2.84. The number of nitrogens with one attached hydrogen (secondary N) is 1. The minimum atomic E-state index is -0.375. The molecule has 0 aromatic heterocycles. The molecular weight excluding hydrogens is 382 g/mol. The average Bonchev–Trinajstić information content (AvgIpc) is 2.62. The molecule has 2 aromatic rings. The molecule has 25 heavy (non-hydrogen) atoms. The summed E-state index contributed by atoms with van der Waals surface area (Å²) in [6, 6.07) is 17.0. The van der Waals surface area contributed by atoms with Gasteiger partial charge in [0, 0.05) is 4.47 Å². The van der Waals surface area contributed by atoms with Crippen LogP contribution in [0.3, 0.4) is 0 Å². The average molecular weight is 404 g/mol. The van der Waals surface area contributed by atoms with Crippen molar-refractivity contribution in [3.63, 3.8) is 0 Å². The van der Waals surface area contributed by atoms with Crippen LogP contribution < -0.4 is 5.32 Å². The van der Waals surface area contributed by atoms with Crippen molar-refractivity contribution in [1.82, 2.24) is 5.32 Å². The van der Waals surface area contributed by atoms with Crippen LogP contribution in [0.5, 0.6) is 0 Å². The Hall–Kier alpha value is -2.14. The summed E-state index contributed by atoms with van der Waals surface area (Å²) in [6.07, 6.45) is 0.625. The van der Waals surface area contributed by atoms with Crippen LogP contribution in [0, 0.1) is 0 Å². The third-order valence-corrected chi connectivity index (χ3v) is 4.52. The van der Waals surface area contributed by atoms with Gasteiger partial charge in [0.1, 0.15) is 0 Å². The third-order valence-electron chi connectivity index (χ3n) is 3.99. The van der Waals surface area contributed by atoms with E-state index in [-0.39, 0.29) is 30.4 Å². The second-order valence-corrected chi connectivity index (χ2v) is 6.74. The Kier molecular flexibility index (Phi) is 7.19. The Bertz CT molecular complexity index is 701. The number of carbonyl (C=O) groups excluding carboxylic acids is 2. The van der Waals surface area contributed by atoms with Gasteiger partial charge in [0.2, 0.25) is 0 Å². The normalized spacial score (nSPS) is 12.9. The molecule has 0 bridgehead atoms. The molecule has 0 aliphatic heterocycles. The topological polar surface area (TPSA) is 55.4 Å². The van der Waals surface area contributed by atoms with Crippen molar-refractivity contribution in [2.24, 2.45) is 0 Å². The zero-order valence-electron chi connectivity index (χ0n) is 14.4. The van der Waals surface area contributed by atoms with Crippen molar-refractivity contribution in [3.05, 3.63) is 70.2 Å². The predicted molar refractivity (Wildman–Crippen MR) is 101 cm³/mol. The number of ether oxygens (including phenoxy) is 1. The molecule has 0 saturated carbocycles. The van der Waals surface area contributed by atoms with Gasteiger partial charge >= 0.3 is 5.97 Å². The first kappa shape index (κ1) is 19.2. The van der Waals surface area contributed by atoms with Gasteiger partial charge in [0.25, 0.3) is 5.91 Å². The van der Waals surface area contributed by atoms with Gasteiger partial charge in [-0.3, -0.25) is 9.59 Å². The van der Waals surface area contributed by atoms with Gasteiger partial charge in [-0.1, -0.05) is 65.3 Å². The SMILES string of the molecule is CCC(C(=O)OCC(=O)NC(C)c1ccc(Br)cc1)c1ccccc1. The molecule has 0 aliphatic rings. The van der Waals surface area contributed by atoms with Gasteiger partial charge < -0.3 is 10.1 Å². The molecule has 2 unspecified atom stereocenters. The molecular formula is C20H22BrNO3. The molecule has 4 nitrogen and oxygen atoms in total. The molecule has 2 aromatic carbocycles. The van der Waals surface area contributed by atoms with Crippen LogP contribution in [0.2, 0.25) is 0 Å². The summed E-state index contributed by atoms with van der Waals surface area (Å²) in [7, 11) is 0. The van der Waals surface area contributed by atoms with E-state index in [4.69, 9.17) is 4.74 Å². The first-order valence-electron chi connectivity index (χ1n) is 8.27. The van der Waals surface area contributed by atoms with Crippen LogP contribution in [0.15, 0.2) is 59.1 Å². The van der Waals surface area contributed by atoms with Gasteiger partial charge in [-0.25, -0.2) is 0 Å². The molecule has 0 radical (unpaired) electrons. The molecule has 0 fully saturated rings. The van der Waals surface area contributed by atoms with Crippen molar-refractivity contribution >= 4 is 27.8 Å². The smallest absolute Gasteiger partial charge is 0.313 e. The fourth-order valence-corrected chi connectivity index (χ4v) is 2.84. The Morgan fingerprint density at radius 3 is 2.28 bits per heavy atom. The fraction of sp³-hybridized carbons (Fsp3) is 0.300. The van der Waals surface area contributed by atoms with Gasteiger partial charge in [-0.15, -0.1) is 0 Å². The highest BCUT2D eigenvalue weighted by atomic mass is 79.9. The molecule has 0 spiro atoms. The van der Waals surface area contributed by atoms with Crippen LogP contribution in [-0.2, 0) is 14.3 Å². The molecule has 0 saturated heterocycles. The van der Waals surface area contributed by atoms with E-state index in [0.717, 1.165) is 15.6 Å². The minimum absolute atomic E-state index is 0.157. The van der Waals surface area contributed by atoms with Crippen molar-refractivity contribution in [2.75, 3.05) is 6.61 Å². The van der Waals surface area contributed by atoms with Crippen LogP contribution in [0.4, 0.5) is 0 Å². The standard InChI is InChI=1S/C20H22BrNO3/c1-3-18(16-7-5-4-6-8-16)20(24)25-13-19(23)22-14(2)15-9-11-17(21)12-10-15/h4-12,14,18H,3,13H2,1-2H3,(H,22,23). The number of esters is 1. The van der Waals surface area contributed by atoms with Gasteiger partial charge in [-0.2, -0.15) is 0 Å². The molecule has 0 heterocycles. The lowest BCUT2D eigenvalue weighted by molar-refractivity contribution is -0.150. The minimum Gasteiger partial charge on any atom is -0.455 e. The van der Waals surface area contributed by atoms with E-state index < -0.39 is 0 Å². The van der Waals surface area contributed by atoms with E-state index in [2.05, 4.69) is 21.2 Å². The second-order valence-electron chi connectivity index (χ2n) is 5.82. The Balaban J connectivity index is 1.86. The first-order valence-corrected chi connectivity index (χ1v) is 9.07. The van der Waals surface area contributed by atoms with E-state index in [0.29, 0.717) is 6.42 Å². The molecule has 5 heteroatoms. The monoisotopic (exact) mass is 403 g/mol. The van der Waals surface area contributed by atoms with E-state index >= 15 is 0 Å². The predicted octanol–water partition coefficient (Wildman–Crippen LogP) is 4.36. The zero-order chi connectivity index (χ0) is 18.2. The highest BCUT2D eigenvalue weighted by Gasteiger charge is 2.21. The van der Waals surface area contributed by atoms with Crippen LogP contribution >= 0.6 is 15.9 Å². The lowest BCUT2D eigenvalue weighted by Gasteiger charge is -2.17. The van der Waals surface area contributed by atoms with Crippen LogP contribution in [-0.4, -0.2) is 18.5 Å². The molecule has 2 rings (SSSR count). The molecule has 132 valence electrons. The number of amides is 1. The summed E-state index contributed by atoms with van der Waals surface area (Å²) in [6.45, 7) is 3.54. The maximum atomic E-state index is 12.3. The first-order chi connectivity index (χ1) is 12.0. The molecule has 0 aliphatic carbocycles. The summed E-state index contributed by atoms with van der Waals surface area (Å²) >= 11 is 3.38. The van der Waals surface area contributed by atoms with E-state index in [1.165, 1.54) is 0 Å². The summed E-state index contributed by atoms with van der Waals surface area (Å²) in [5.74, 6) is -1.04. The summed E-state index contributed by atoms with van der Waals surface area (Å²) in [4.78, 5) is 24.3. The Morgan fingerprint density at radius 2 is 1.68 bits per heavy atom. The largest absolute Gasteiger partial charge is 0.455 e. The van der Waals surface area contributed by atoms with Crippen LogP contribution in [0.1, 0.15) is 43.4 Å². The van der Waals surface area contributed by atoms with Crippen molar-refractivity contribution in [2.45, 2.75) is 32.2 Å². The fourth-order valence-electron chi connectivity index (χ4n) is 2.58. The van der Waals surface area contributed by atoms with Crippen molar-refractivity contribution < 1.29 is 14.3 Å². The highest BCUT2D eigenvalue weighted by molar-refractivity contribution is 9.10. The van der Waals surface area contributed by atoms with Crippen molar-refractivity contribution in [1.29, 1.82) is 0 Å². The maximum absolute atomic E-state index is 12.3.